The van der Waals surface area contributed by atoms with Gasteiger partial charge in [-0.15, -0.1) is 5.10 Å². The van der Waals surface area contributed by atoms with Crippen molar-refractivity contribution in [2.45, 2.75) is 6.61 Å². The molecule has 144 valence electrons. The third kappa shape index (κ3) is 4.87. The Morgan fingerprint density at radius 1 is 0.862 bits per heavy atom. The second kappa shape index (κ2) is 8.84. The summed E-state index contributed by atoms with van der Waals surface area (Å²) >= 11 is 0. The summed E-state index contributed by atoms with van der Waals surface area (Å²) in [4.78, 5) is 6.51. The highest BCUT2D eigenvalue weighted by atomic mass is 16.5. The fourth-order valence-electron chi connectivity index (χ4n) is 2.80. The molecule has 0 saturated heterocycles. The topological polar surface area (TPSA) is 63.2 Å². The first-order valence-corrected chi connectivity index (χ1v) is 9.30. The van der Waals surface area contributed by atoms with Crippen LogP contribution in [0.25, 0.3) is 0 Å². The summed E-state index contributed by atoms with van der Waals surface area (Å²) in [5, 5.41) is 11.3. The molecule has 0 aliphatic rings. The molecule has 1 aromatic heterocycles. The van der Waals surface area contributed by atoms with Crippen molar-refractivity contribution < 1.29 is 4.74 Å². The molecule has 0 unspecified atom stereocenters. The molecule has 29 heavy (non-hydrogen) atoms. The van der Waals surface area contributed by atoms with Gasteiger partial charge in [0, 0.05) is 18.4 Å². The van der Waals surface area contributed by atoms with Crippen LogP contribution in [0.4, 0.5) is 23.1 Å². The number of hydrogen-bond donors (Lipinski definition) is 1. The number of rotatable bonds is 7. The van der Waals surface area contributed by atoms with E-state index in [0.29, 0.717) is 18.4 Å². The van der Waals surface area contributed by atoms with Crippen LogP contribution in [0.15, 0.2) is 91.1 Å². The van der Waals surface area contributed by atoms with E-state index >= 15 is 0 Å². The van der Waals surface area contributed by atoms with E-state index in [1.165, 1.54) is 0 Å². The van der Waals surface area contributed by atoms with Gasteiger partial charge in [0.25, 0.3) is 0 Å². The maximum Gasteiger partial charge on any atom is 0.249 e. The van der Waals surface area contributed by atoms with Crippen LogP contribution in [-0.4, -0.2) is 22.2 Å². The standard InChI is InChI=1S/C23H21N5O/c1-28(20-10-6-3-7-11-20)22-16-24-27-23(26-22)25-19-12-14-21(15-13-19)29-17-18-8-4-2-5-9-18/h2-16H,17H2,1H3,(H,25,26,27). The summed E-state index contributed by atoms with van der Waals surface area (Å²) < 4.78 is 5.82. The molecule has 6 heteroatoms. The predicted molar refractivity (Wildman–Crippen MR) is 115 cm³/mol. The molecule has 4 aromatic rings. The molecule has 0 bridgehead atoms. The zero-order chi connectivity index (χ0) is 19.9. The maximum atomic E-state index is 5.82. The van der Waals surface area contributed by atoms with Gasteiger partial charge in [0.15, 0.2) is 5.82 Å². The molecule has 3 aromatic carbocycles. The molecule has 0 atom stereocenters. The number of ether oxygens (including phenoxy) is 1. The van der Waals surface area contributed by atoms with Gasteiger partial charge in [-0.1, -0.05) is 48.5 Å². The highest BCUT2D eigenvalue weighted by Gasteiger charge is 2.08. The Hall–Kier alpha value is -3.93. The Balaban J connectivity index is 1.40. The molecule has 0 amide bonds. The Bertz CT molecular complexity index is 1040. The fraction of sp³-hybridized carbons (Fsp3) is 0.0870. The number of para-hydroxylation sites is 1. The lowest BCUT2D eigenvalue weighted by Gasteiger charge is -2.18. The average molecular weight is 383 g/mol. The molecule has 1 N–H and O–H groups in total. The molecular weight excluding hydrogens is 362 g/mol. The summed E-state index contributed by atoms with van der Waals surface area (Å²) in [5.74, 6) is 1.94. The maximum absolute atomic E-state index is 5.82. The van der Waals surface area contributed by atoms with Crippen molar-refractivity contribution in [2.24, 2.45) is 0 Å². The second-order valence-corrected chi connectivity index (χ2v) is 6.46. The van der Waals surface area contributed by atoms with Gasteiger partial charge in [-0.3, -0.25) is 0 Å². The van der Waals surface area contributed by atoms with Gasteiger partial charge >= 0.3 is 0 Å². The van der Waals surface area contributed by atoms with Crippen molar-refractivity contribution in [1.82, 2.24) is 15.2 Å². The van der Waals surface area contributed by atoms with Crippen molar-refractivity contribution >= 4 is 23.1 Å². The Morgan fingerprint density at radius 2 is 1.55 bits per heavy atom. The van der Waals surface area contributed by atoms with Gasteiger partial charge in [-0.2, -0.15) is 10.1 Å². The normalized spacial score (nSPS) is 10.4. The summed E-state index contributed by atoms with van der Waals surface area (Å²) in [6.07, 6.45) is 1.64. The van der Waals surface area contributed by atoms with E-state index in [1.54, 1.807) is 6.20 Å². The lowest BCUT2D eigenvalue weighted by Crippen LogP contribution is -2.13. The minimum absolute atomic E-state index is 0.434. The Kier molecular flexibility index (Phi) is 5.62. The van der Waals surface area contributed by atoms with Crippen LogP contribution in [0.5, 0.6) is 5.75 Å². The van der Waals surface area contributed by atoms with Crippen LogP contribution in [0.1, 0.15) is 5.56 Å². The summed E-state index contributed by atoms with van der Waals surface area (Å²) in [7, 11) is 1.95. The Morgan fingerprint density at radius 3 is 2.28 bits per heavy atom. The van der Waals surface area contributed by atoms with Crippen molar-refractivity contribution in [3.8, 4) is 5.75 Å². The van der Waals surface area contributed by atoms with Crippen molar-refractivity contribution in [2.75, 3.05) is 17.3 Å². The molecule has 4 rings (SSSR count). The quantitative estimate of drug-likeness (QED) is 0.486. The minimum Gasteiger partial charge on any atom is -0.489 e. The molecule has 1 heterocycles. The zero-order valence-corrected chi connectivity index (χ0v) is 16.1. The first-order valence-electron chi connectivity index (χ1n) is 9.30. The van der Waals surface area contributed by atoms with Crippen LogP contribution in [0, 0.1) is 0 Å². The van der Waals surface area contributed by atoms with E-state index in [4.69, 9.17) is 4.74 Å². The van der Waals surface area contributed by atoms with Gasteiger partial charge in [-0.25, -0.2) is 0 Å². The summed E-state index contributed by atoms with van der Waals surface area (Å²) in [6, 6.07) is 27.8. The molecular formula is C23H21N5O. The third-order valence-electron chi connectivity index (χ3n) is 4.39. The van der Waals surface area contributed by atoms with E-state index in [2.05, 4.69) is 20.5 Å². The van der Waals surface area contributed by atoms with E-state index in [-0.39, 0.29) is 0 Å². The summed E-state index contributed by atoms with van der Waals surface area (Å²) in [6.45, 7) is 0.536. The van der Waals surface area contributed by atoms with Crippen LogP contribution >= 0.6 is 0 Å². The highest BCUT2D eigenvalue weighted by Crippen LogP contribution is 2.23. The lowest BCUT2D eigenvalue weighted by molar-refractivity contribution is 0.306. The van der Waals surface area contributed by atoms with Crippen molar-refractivity contribution in [3.63, 3.8) is 0 Å². The van der Waals surface area contributed by atoms with Crippen LogP contribution in [0.2, 0.25) is 0 Å². The monoisotopic (exact) mass is 383 g/mol. The number of nitrogens with one attached hydrogen (secondary N) is 1. The van der Waals surface area contributed by atoms with Crippen LogP contribution in [0.3, 0.4) is 0 Å². The van der Waals surface area contributed by atoms with Gasteiger partial charge < -0.3 is 15.0 Å². The molecule has 0 fully saturated rings. The number of aromatic nitrogens is 3. The molecule has 0 radical (unpaired) electrons. The minimum atomic E-state index is 0.434. The summed E-state index contributed by atoms with van der Waals surface area (Å²) in [5.41, 5.74) is 3.02. The lowest BCUT2D eigenvalue weighted by atomic mass is 10.2. The number of nitrogens with zero attached hydrogens (tertiary/aromatic N) is 4. The van der Waals surface area contributed by atoms with Crippen LogP contribution < -0.4 is 15.0 Å². The number of benzene rings is 3. The number of hydrogen-bond acceptors (Lipinski definition) is 6. The first kappa shape index (κ1) is 18.4. The van der Waals surface area contributed by atoms with Crippen molar-refractivity contribution in [1.29, 1.82) is 0 Å². The SMILES string of the molecule is CN(c1ccccc1)c1cnnc(Nc2ccc(OCc3ccccc3)cc2)n1. The third-order valence-corrected chi connectivity index (χ3v) is 4.39. The molecule has 6 nitrogen and oxygen atoms in total. The second-order valence-electron chi connectivity index (χ2n) is 6.46. The smallest absolute Gasteiger partial charge is 0.249 e. The van der Waals surface area contributed by atoms with E-state index in [9.17, 15) is 0 Å². The van der Waals surface area contributed by atoms with E-state index < -0.39 is 0 Å². The largest absolute Gasteiger partial charge is 0.489 e. The molecule has 0 spiro atoms. The van der Waals surface area contributed by atoms with Crippen molar-refractivity contribution in [3.05, 3.63) is 96.7 Å². The fourth-order valence-corrected chi connectivity index (χ4v) is 2.80. The zero-order valence-electron chi connectivity index (χ0n) is 16.1. The molecule has 0 aliphatic carbocycles. The van der Waals surface area contributed by atoms with Gasteiger partial charge in [0.05, 0.1) is 6.20 Å². The number of anilines is 4. The van der Waals surface area contributed by atoms with E-state index in [1.807, 2.05) is 96.9 Å². The molecule has 0 saturated carbocycles. The van der Waals surface area contributed by atoms with E-state index in [0.717, 1.165) is 22.7 Å². The Labute approximate surface area is 169 Å². The molecule has 0 aliphatic heterocycles. The first-order chi connectivity index (χ1) is 14.3. The van der Waals surface area contributed by atoms with Crippen LogP contribution in [-0.2, 0) is 6.61 Å². The highest BCUT2D eigenvalue weighted by molar-refractivity contribution is 5.60. The predicted octanol–water partition coefficient (Wildman–Crippen LogP) is 4.96. The van der Waals surface area contributed by atoms with Gasteiger partial charge in [-0.05, 0) is 42.0 Å². The van der Waals surface area contributed by atoms with Gasteiger partial charge in [0.2, 0.25) is 5.95 Å². The average Bonchev–Trinajstić information content (AvgIpc) is 2.79. The van der Waals surface area contributed by atoms with Gasteiger partial charge in [0.1, 0.15) is 12.4 Å².